The van der Waals surface area contributed by atoms with Gasteiger partial charge in [-0.3, -0.25) is 4.79 Å². The van der Waals surface area contributed by atoms with Crippen LogP contribution in [0.5, 0.6) is 5.75 Å². The number of hydrogen-bond donors (Lipinski definition) is 2. The molecule has 1 aromatic heterocycles. The first-order valence-corrected chi connectivity index (χ1v) is 9.25. The number of methoxy groups -OCH3 is 1. The molecule has 0 aliphatic carbocycles. The van der Waals surface area contributed by atoms with Crippen LogP contribution in [0.4, 0.5) is 0 Å². The van der Waals surface area contributed by atoms with Crippen molar-refractivity contribution in [2.45, 2.75) is 6.54 Å². The molecule has 1 amide bonds. The summed E-state index contributed by atoms with van der Waals surface area (Å²) >= 11 is 11.9. The van der Waals surface area contributed by atoms with Gasteiger partial charge in [0.15, 0.2) is 0 Å². The van der Waals surface area contributed by atoms with Gasteiger partial charge < -0.3 is 15.2 Å². The fourth-order valence-electron chi connectivity index (χ4n) is 2.74. The Morgan fingerprint density at radius 3 is 2.59 bits per heavy atom. The normalized spacial score (nSPS) is 10.4. The Hall–Kier alpha value is -3.09. The fourth-order valence-corrected chi connectivity index (χ4v) is 3.23. The van der Waals surface area contributed by atoms with Gasteiger partial charge in [0.05, 0.1) is 23.4 Å². The molecule has 0 bridgehead atoms. The van der Waals surface area contributed by atoms with Gasteiger partial charge in [-0.15, -0.1) is 0 Å². The van der Waals surface area contributed by atoms with E-state index in [0.29, 0.717) is 33.2 Å². The van der Waals surface area contributed by atoms with Crippen LogP contribution in [0.1, 0.15) is 26.4 Å². The van der Waals surface area contributed by atoms with Gasteiger partial charge in [0.1, 0.15) is 11.4 Å². The van der Waals surface area contributed by atoms with Gasteiger partial charge in [-0.05, 0) is 48.5 Å². The number of nitrogens with one attached hydrogen (secondary N) is 1. The molecular weight excluding hydrogens is 415 g/mol. The number of hydrogen-bond acceptors (Lipinski definition) is 4. The summed E-state index contributed by atoms with van der Waals surface area (Å²) in [5.74, 6) is -0.886. The molecule has 0 aliphatic rings. The summed E-state index contributed by atoms with van der Waals surface area (Å²) in [6, 6.07) is 14.7. The van der Waals surface area contributed by atoms with Crippen LogP contribution in [0.25, 0.3) is 11.3 Å². The number of aromatic nitrogens is 1. The fraction of sp³-hybridized carbons (Fsp3) is 0.0952. The summed E-state index contributed by atoms with van der Waals surface area (Å²) in [6.45, 7) is 0.174. The zero-order chi connectivity index (χ0) is 21.0. The van der Waals surface area contributed by atoms with Gasteiger partial charge in [-0.2, -0.15) is 0 Å². The van der Waals surface area contributed by atoms with Crippen molar-refractivity contribution in [2.24, 2.45) is 0 Å². The van der Waals surface area contributed by atoms with E-state index in [0.717, 1.165) is 0 Å². The number of benzene rings is 2. The lowest BCUT2D eigenvalue weighted by Gasteiger charge is -2.12. The molecule has 0 atom stereocenters. The average molecular weight is 431 g/mol. The number of aromatic carboxylic acids is 1. The Kier molecular flexibility index (Phi) is 6.36. The summed E-state index contributed by atoms with van der Waals surface area (Å²) < 4.78 is 5.37. The predicted octanol–water partition coefficient (Wildman–Crippen LogP) is 4.69. The highest BCUT2D eigenvalue weighted by Gasteiger charge is 2.13. The van der Waals surface area contributed by atoms with Crippen molar-refractivity contribution in [3.05, 3.63) is 81.5 Å². The van der Waals surface area contributed by atoms with Crippen LogP contribution in [-0.2, 0) is 6.54 Å². The van der Waals surface area contributed by atoms with E-state index in [2.05, 4.69) is 10.3 Å². The number of carboxylic acid groups (broad SMARTS) is 1. The smallest absolute Gasteiger partial charge is 0.354 e. The molecule has 1 heterocycles. The van der Waals surface area contributed by atoms with Crippen LogP contribution < -0.4 is 10.1 Å². The second-order valence-electron chi connectivity index (χ2n) is 6.05. The maximum atomic E-state index is 12.5. The highest BCUT2D eigenvalue weighted by Crippen LogP contribution is 2.26. The lowest BCUT2D eigenvalue weighted by atomic mass is 10.1. The number of nitrogens with zero attached hydrogens (tertiary/aromatic N) is 1. The maximum Gasteiger partial charge on any atom is 0.354 e. The van der Waals surface area contributed by atoms with E-state index in [-0.39, 0.29) is 23.2 Å². The number of amides is 1. The number of carbonyl (C=O) groups excluding carboxylic acids is 1. The van der Waals surface area contributed by atoms with E-state index in [9.17, 15) is 9.59 Å². The summed E-state index contributed by atoms with van der Waals surface area (Å²) in [4.78, 5) is 27.8. The molecule has 148 valence electrons. The predicted molar refractivity (Wildman–Crippen MR) is 111 cm³/mol. The van der Waals surface area contributed by atoms with Crippen LogP contribution in [0.3, 0.4) is 0 Å². The lowest BCUT2D eigenvalue weighted by Crippen LogP contribution is -2.23. The zero-order valence-corrected chi connectivity index (χ0v) is 16.8. The number of ether oxygens (including phenoxy) is 1. The van der Waals surface area contributed by atoms with Gasteiger partial charge in [0.2, 0.25) is 0 Å². The monoisotopic (exact) mass is 430 g/mol. The Balaban J connectivity index is 1.85. The Labute approximate surface area is 177 Å². The van der Waals surface area contributed by atoms with Crippen molar-refractivity contribution in [3.63, 3.8) is 0 Å². The van der Waals surface area contributed by atoms with Crippen LogP contribution in [0, 0.1) is 0 Å². The molecule has 3 aromatic rings. The Bertz CT molecular complexity index is 1090. The van der Waals surface area contributed by atoms with Crippen molar-refractivity contribution in [2.75, 3.05) is 7.11 Å². The van der Waals surface area contributed by atoms with E-state index < -0.39 is 5.97 Å². The SMILES string of the molecule is COc1ccc(-c2cccc(C(=O)O)n2)cc1CNC(=O)c1ccc(Cl)cc1Cl. The molecule has 0 aliphatic heterocycles. The molecule has 0 radical (unpaired) electrons. The van der Waals surface area contributed by atoms with E-state index in [1.165, 1.54) is 19.2 Å². The number of carbonyl (C=O) groups is 2. The second-order valence-corrected chi connectivity index (χ2v) is 6.89. The Morgan fingerprint density at radius 1 is 1.10 bits per heavy atom. The van der Waals surface area contributed by atoms with Crippen molar-refractivity contribution in [1.82, 2.24) is 10.3 Å². The Morgan fingerprint density at radius 2 is 1.90 bits per heavy atom. The van der Waals surface area contributed by atoms with Crippen LogP contribution in [0.2, 0.25) is 10.0 Å². The molecular formula is C21H16Cl2N2O4. The number of halogens is 2. The molecule has 29 heavy (non-hydrogen) atoms. The van der Waals surface area contributed by atoms with E-state index in [1.807, 2.05) is 0 Å². The molecule has 0 spiro atoms. The third-order valence-electron chi connectivity index (χ3n) is 4.16. The topological polar surface area (TPSA) is 88.5 Å². The van der Waals surface area contributed by atoms with E-state index in [1.54, 1.807) is 42.5 Å². The van der Waals surface area contributed by atoms with E-state index >= 15 is 0 Å². The quantitative estimate of drug-likeness (QED) is 0.591. The molecule has 3 rings (SSSR count). The summed E-state index contributed by atoms with van der Waals surface area (Å²) in [5.41, 5.74) is 2.15. The number of pyridine rings is 1. The third kappa shape index (κ3) is 4.85. The molecule has 6 nitrogen and oxygen atoms in total. The minimum absolute atomic E-state index is 0.0504. The van der Waals surface area contributed by atoms with E-state index in [4.69, 9.17) is 33.0 Å². The van der Waals surface area contributed by atoms with Crippen molar-refractivity contribution in [1.29, 1.82) is 0 Å². The highest BCUT2D eigenvalue weighted by molar-refractivity contribution is 6.36. The summed E-state index contributed by atoms with van der Waals surface area (Å²) in [7, 11) is 1.53. The molecule has 0 unspecified atom stereocenters. The standard InChI is InChI=1S/C21H16Cl2N2O4/c1-29-19-8-5-12(17-3-2-4-18(25-17)21(27)28)9-13(19)11-24-20(26)15-7-6-14(22)10-16(15)23/h2-10H,11H2,1H3,(H,24,26)(H,27,28). The molecule has 0 fully saturated rings. The van der Waals surface area contributed by atoms with Crippen molar-refractivity contribution < 1.29 is 19.4 Å². The molecule has 0 saturated carbocycles. The highest BCUT2D eigenvalue weighted by atomic mass is 35.5. The minimum Gasteiger partial charge on any atom is -0.496 e. The van der Waals surface area contributed by atoms with Gasteiger partial charge >= 0.3 is 5.97 Å². The van der Waals surface area contributed by atoms with Gasteiger partial charge in [-0.25, -0.2) is 9.78 Å². The molecule has 0 saturated heterocycles. The van der Waals surface area contributed by atoms with Crippen LogP contribution in [0.15, 0.2) is 54.6 Å². The van der Waals surface area contributed by atoms with Crippen molar-refractivity contribution >= 4 is 35.1 Å². The van der Waals surface area contributed by atoms with Gasteiger partial charge in [0.25, 0.3) is 5.91 Å². The van der Waals surface area contributed by atoms with Crippen molar-refractivity contribution in [3.8, 4) is 17.0 Å². The summed E-state index contributed by atoms with van der Waals surface area (Å²) in [6.07, 6.45) is 0. The molecule has 2 aromatic carbocycles. The molecule has 2 N–H and O–H groups in total. The number of carboxylic acids is 1. The lowest BCUT2D eigenvalue weighted by molar-refractivity contribution is 0.0690. The first kappa shape index (κ1) is 20.6. The molecule has 8 heteroatoms. The third-order valence-corrected chi connectivity index (χ3v) is 4.71. The average Bonchev–Trinajstić information content (AvgIpc) is 2.71. The maximum absolute atomic E-state index is 12.5. The largest absolute Gasteiger partial charge is 0.496 e. The van der Waals surface area contributed by atoms with Crippen LogP contribution in [-0.4, -0.2) is 29.1 Å². The second kappa shape index (κ2) is 8.94. The first-order chi connectivity index (χ1) is 13.9. The first-order valence-electron chi connectivity index (χ1n) is 8.50. The van der Waals surface area contributed by atoms with Crippen LogP contribution >= 0.6 is 23.2 Å². The summed E-state index contributed by atoms with van der Waals surface area (Å²) in [5, 5.41) is 12.6. The zero-order valence-electron chi connectivity index (χ0n) is 15.3. The van der Waals surface area contributed by atoms with Gasteiger partial charge in [-0.1, -0.05) is 29.3 Å². The minimum atomic E-state index is -1.10. The number of rotatable bonds is 6. The van der Waals surface area contributed by atoms with Gasteiger partial charge in [0, 0.05) is 22.7 Å².